The van der Waals surface area contributed by atoms with Crippen LogP contribution in [0.5, 0.6) is 5.75 Å². The lowest BCUT2D eigenvalue weighted by Crippen LogP contribution is -2.46. The Balaban J connectivity index is 1.14. The van der Waals surface area contributed by atoms with E-state index < -0.39 is 11.9 Å². The summed E-state index contributed by atoms with van der Waals surface area (Å²) in [6, 6.07) is 8.56. The van der Waals surface area contributed by atoms with Gasteiger partial charge in [-0.25, -0.2) is 14.6 Å². The van der Waals surface area contributed by atoms with Gasteiger partial charge in [0.1, 0.15) is 28.6 Å². The fourth-order valence-corrected chi connectivity index (χ4v) is 7.88. The third-order valence-corrected chi connectivity index (χ3v) is 9.82. The van der Waals surface area contributed by atoms with Gasteiger partial charge in [0, 0.05) is 36.4 Å². The maximum absolute atomic E-state index is 13.7. The molecule has 9 nitrogen and oxygen atoms in total. The molecule has 12 heteroatoms. The Morgan fingerprint density at radius 2 is 1.80 bits per heavy atom. The van der Waals surface area contributed by atoms with Crippen LogP contribution >= 0.6 is 34.5 Å². The number of nitrogens with zero attached hydrogens (tertiary/aromatic N) is 3. The van der Waals surface area contributed by atoms with Crippen LogP contribution in [0.1, 0.15) is 70.9 Å². The molecule has 4 heterocycles. The number of halogens is 2. The number of piperidine rings is 1. The third-order valence-electron chi connectivity index (χ3n) is 8.17. The predicted molar refractivity (Wildman–Crippen MR) is 155 cm³/mol. The Kier molecular flexibility index (Phi) is 6.59. The monoisotopic (exact) mass is 613 g/mol. The number of carbonyl (C=O) groups excluding carboxylic acids is 1. The van der Waals surface area contributed by atoms with Crippen molar-refractivity contribution in [2.24, 2.45) is 0 Å². The minimum atomic E-state index is -1.01. The lowest BCUT2D eigenvalue weighted by molar-refractivity contribution is 0.0202. The Hall–Kier alpha value is -3.34. The largest absolute Gasteiger partial charge is 0.494 e. The number of anilines is 1. The maximum Gasteiger partial charge on any atom is 0.344 e. The average Bonchev–Trinajstić information content (AvgIpc) is 3.44. The number of benzene rings is 2. The molecular weight excluding hydrogens is 589 g/mol. The molecule has 0 spiro atoms. The molecule has 0 unspecified atom stereocenters. The molecule has 2 saturated heterocycles. The van der Waals surface area contributed by atoms with E-state index in [-0.39, 0.29) is 29.7 Å². The van der Waals surface area contributed by atoms with E-state index >= 15 is 0 Å². The van der Waals surface area contributed by atoms with Crippen molar-refractivity contribution in [2.45, 2.75) is 62.6 Å². The molecular formula is C29H25Cl2N3O6S. The molecule has 2 aromatic heterocycles. The third kappa shape index (κ3) is 4.62. The first kappa shape index (κ1) is 26.6. The molecule has 3 aliphatic rings. The van der Waals surface area contributed by atoms with Crippen LogP contribution < -0.4 is 9.64 Å². The summed E-state index contributed by atoms with van der Waals surface area (Å²) in [5, 5.41) is 15.3. The second kappa shape index (κ2) is 10.2. The SMILES string of the molecule is COc1cc(C(=O)O)cc2sc(N3[C@@H]4CC[C@H]3C[C@@H](OC(=O)c3c(-c5c(Cl)cccc5Cl)noc3C3CC3)C4)nc12. The van der Waals surface area contributed by atoms with Crippen LogP contribution in [-0.2, 0) is 4.74 Å². The Morgan fingerprint density at radius 1 is 1.10 bits per heavy atom. The molecule has 1 saturated carbocycles. The molecule has 212 valence electrons. The minimum Gasteiger partial charge on any atom is -0.494 e. The Labute approximate surface area is 248 Å². The molecule has 2 aliphatic heterocycles. The summed E-state index contributed by atoms with van der Waals surface area (Å²) in [7, 11) is 1.51. The van der Waals surface area contributed by atoms with Crippen LogP contribution in [-0.4, -0.2) is 52.5 Å². The highest BCUT2D eigenvalue weighted by Crippen LogP contribution is 2.48. The predicted octanol–water partition coefficient (Wildman–Crippen LogP) is 7.20. The summed E-state index contributed by atoms with van der Waals surface area (Å²) in [4.78, 5) is 32.5. The first-order valence-corrected chi connectivity index (χ1v) is 15.0. The Bertz CT molecular complexity index is 1660. The van der Waals surface area contributed by atoms with Gasteiger partial charge in [-0.3, -0.25) is 0 Å². The molecule has 2 bridgehead atoms. The normalized spacial score (nSPS) is 21.8. The smallest absolute Gasteiger partial charge is 0.344 e. The zero-order chi connectivity index (χ0) is 28.4. The molecule has 3 fully saturated rings. The zero-order valence-corrected chi connectivity index (χ0v) is 24.3. The van der Waals surface area contributed by atoms with Crippen LogP contribution in [0.2, 0.25) is 10.0 Å². The van der Waals surface area contributed by atoms with E-state index in [0.717, 1.165) is 35.5 Å². The number of aromatic nitrogens is 2. The van der Waals surface area contributed by atoms with Crippen molar-refractivity contribution in [2.75, 3.05) is 12.0 Å². The van der Waals surface area contributed by atoms with Crippen LogP contribution in [0.25, 0.3) is 21.5 Å². The van der Waals surface area contributed by atoms with Crippen molar-refractivity contribution in [1.82, 2.24) is 10.1 Å². The van der Waals surface area contributed by atoms with Crippen molar-refractivity contribution >= 4 is 61.8 Å². The fraction of sp³-hybridized carbons (Fsp3) is 0.379. The molecule has 3 atom stereocenters. The number of thiazole rings is 1. The summed E-state index contributed by atoms with van der Waals surface area (Å²) in [5.41, 5.74) is 1.90. The van der Waals surface area contributed by atoms with Gasteiger partial charge in [-0.2, -0.15) is 0 Å². The minimum absolute atomic E-state index is 0.135. The van der Waals surface area contributed by atoms with E-state index in [0.29, 0.717) is 56.7 Å². The first-order valence-electron chi connectivity index (χ1n) is 13.5. The molecule has 1 aliphatic carbocycles. The number of rotatable bonds is 7. The number of carbonyl (C=O) groups is 2. The number of fused-ring (bicyclic) bond motifs is 3. The van der Waals surface area contributed by atoms with E-state index in [1.165, 1.54) is 24.5 Å². The molecule has 41 heavy (non-hydrogen) atoms. The summed E-state index contributed by atoms with van der Waals surface area (Å²) in [5.74, 6) is -0.377. The topological polar surface area (TPSA) is 115 Å². The van der Waals surface area contributed by atoms with E-state index in [2.05, 4.69) is 10.1 Å². The molecule has 0 radical (unpaired) electrons. The fourth-order valence-electron chi connectivity index (χ4n) is 6.14. The van der Waals surface area contributed by atoms with Gasteiger partial charge >= 0.3 is 11.9 Å². The standard InChI is InChI=1S/C29H25Cl2N3O6S/c1-38-20-9-14(27(35)36)10-21-24(20)32-29(41-21)34-15-7-8-16(34)12-17(11-15)39-28(37)23-25(33-40-26(23)13-5-6-13)22-18(30)3-2-4-19(22)31/h2-4,9-10,13,15-17H,5-8,11-12H2,1H3,(H,35,36)/t15-,16+,17+. The average molecular weight is 615 g/mol. The number of carboxylic acid groups (broad SMARTS) is 1. The van der Waals surface area contributed by atoms with E-state index in [1.54, 1.807) is 24.3 Å². The number of esters is 1. The van der Waals surface area contributed by atoms with Gasteiger partial charge in [-0.1, -0.05) is 45.8 Å². The van der Waals surface area contributed by atoms with E-state index in [9.17, 15) is 14.7 Å². The van der Waals surface area contributed by atoms with Crippen molar-refractivity contribution in [1.29, 1.82) is 0 Å². The number of ether oxygens (including phenoxy) is 2. The van der Waals surface area contributed by atoms with Gasteiger partial charge < -0.3 is 24.0 Å². The number of aromatic carboxylic acids is 1. The van der Waals surface area contributed by atoms with Crippen molar-refractivity contribution in [3.63, 3.8) is 0 Å². The molecule has 1 N–H and O–H groups in total. The van der Waals surface area contributed by atoms with Gasteiger partial charge in [0.15, 0.2) is 10.9 Å². The summed E-state index contributed by atoms with van der Waals surface area (Å²) in [6.45, 7) is 0. The maximum atomic E-state index is 13.7. The highest BCUT2D eigenvalue weighted by molar-refractivity contribution is 7.22. The first-order chi connectivity index (χ1) is 19.8. The molecule has 4 aromatic rings. The van der Waals surface area contributed by atoms with Crippen molar-refractivity contribution in [3.05, 3.63) is 57.3 Å². The van der Waals surface area contributed by atoms with Crippen molar-refractivity contribution < 1.29 is 28.7 Å². The summed E-state index contributed by atoms with van der Waals surface area (Å²) < 4.78 is 18.0. The molecule has 0 amide bonds. The molecule has 7 rings (SSSR count). The number of methoxy groups -OCH3 is 1. The number of carboxylic acids is 1. The highest BCUT2D eigenvalue weighted by atomic mass is 35.5. The quantitative estimate of drug-likeness (QED) is 0.216. The van der Waals surface area contributed by atoms with Crippen LogP contribution in [0.3, 0.4) is 0 Å². The highest BCUT2D eigenvalue weighted by Gasteiger charge is 2.45. The van der Waals surface area contributed by atoms with Gasteiger partial charge in [-0.15, -0.1) is 0 Å². The van der Waals surface area contributed by atoms with Gasteiger partial charge in [0.2, 0.25) is 0 Å². The number of hydrogen-bond donors (Lipinski definition) is 1. The molecule has 2 aromatic carbocycles. The van der Waals surface area contributed by atoms with Crippen LogP contribution in [0, 0.1) is 0 Å². The van der Waals surface area contributed by atoms with E-state index in [4.69, 9.17) is 42.2 Å². The zero-order valence-electron chi connectivity index (χ0n) is 21.9. The lowest BCUT2D eigenvalue weighted by Gasteiger charge is -2.38. The number of hydrogen-bond acceptors (Lipinski definition) is 9. The van der Waals surface area contributed by atoms with E-state index in [1.807, 2.05) is 0 Å². The van der Waals surface area contributed by atoms with Crippen LogP contribution in [0.4, 0.5) is 5.13 Å². The second-order valence-electron chi connectivity index (χ2n) is 10.8. The summed E-state index contributed by atoms with van der Waals surface area (Å²) in [6.07, 6.45) is 4.78. The van der Waals surface area contributed by atoms with Gasteiger partial charge in [0.25, 0.3) is 0 Å². The van der Waals surface area contributed by atoms with Gasteiger partial charge in [-0.05, 0) is 49.9 Å². The van der Waals surface area contributed by atoms with Gasteiger partial charge in [0.05, 0.1) is 27.4 Å². The summed E-state index contributed by atoms with van der Waals surface area (Å²) >= 11 is 14.4. The lowest BCUT2D eigenvalue weighted by atomic mass is 9.99. The Morgan fingerprint density at radius 3 is 2.44 bits per heavy atom. The van der Waals surface area contributed by atoms with Crippen molar-refractivity contribution in [3.8, 4) is 17.0 Å². The van der Waals surface area contributed by atoms with Crippen LogP contribution in [0.15, 0.2) is 34.9 Å². The second-order valence-corrected chi connectivity index (χ2v) is 12.6.